The molecule has 1 heterocycles. The maximum Gasteiger partial charge on any atom is 0.226 e. The third-order valence-corrected chi connectivity index (χ3v) is 7.92. The highest BCUT2D eigenvalue weighted by molar-refractivity contribution is 7.89. The summed E-state index contributed by atoms with van der Waals surface area (Å²) in [6, 6.07) is 10.8. The van der Waals surface area contributed by atoms with E-state index < -0.39 is 21.7 Å². The number of benzene rings is 2. The smallest absolute Gasteiger partial charge is 0.226 e. The average Bonchev–Trinajstić information content (AvgIpc) is 3.58. The first-order chi connectivity index (χ1) is 15.3. The summed E-state index contributed by atoms with van der Waals surface area (Å²) in [5.74, 6) is -1.44. The molecule has 0 unspecified atom stereocenters. The summed E-state index contributed by atoms with van der Waals surface area (Å²) >= 11 is 0. The number of hydrogen-bond donors (Lipinski definition) is 1. The fourth-order valence-corrected chi connectivity index (χ4v) is 5.53. The van der Waals surface area contributed by atoms with Gasteiger partial charge in [-0.3, -0.25) is 4.79 Å². The number of nitrogens with one attached hydrogen (secondary N) is 1. The molecule has 32 heavy (non-hydrogen) atoms. The molecular formula is C24H28F2N2O3S. The Morgan fingerprint density at radius 2 is 1.78 bits per heavy atom. The zero-order valence-electron chi connectivity index (χ0n) is 18.1. The van der Waals surface area contributed by atoms with Crippen LogP contribution >= 0.6 is 0 Å². The zero-order chi connectivity index (χ0) is 22.9. The first-order valence-corrected chi connectivity index (χ1v) is 12.8. The van der Waals surface area contributed by atoms with Gasteiger partial charge in [0, 0.05) is 25.0 Å². The minimum absolute atomic E-state index is 0.0396. The molecule has 2 aliphatic rings. The van der Waals surface area contributed by atoms with E-state index in [0.717, 1.165) is 12.0 Å². The topological polar surface area (TPSA) is 66.5 Å². The van der Waals surface area contributed by atoms with E-state index in [1.807, 2.05) is 17.0 Å². The van der Waals surface area contributed by atoms with E-state index in [9.17, 15) is 22.0 Å². The Labute approximate surface area is 187 Å². The van der Waals surface area contributed by atoms with Crippen LogP contribution in [0.15, 0.2) is 42.5 Å². The Kier molecular flexibility index (Phi) is 6.62. The highest BCUT2D eigenvalue weighted by atomic mass is 32.2. The number of hydrogen-bond acceptors (Lipinski definition) is 3. The molecule has 1 saturated heterocycles. The lowest BCUT2D eigenvalue weighted by molar-refractivity contribution is -0.132. The van der Waals surface area contributed by atoms with E-state index in [4.69, 9.17) is 0 Å². The summed E-state index contributed by atoms with van der Waals surface area (Å²) < 4.78 is 55.3. The molecular weight excluding hydrogens is 434 g/mol. The molecule has 3 atom stereocenters. The van der Waals surface area contributed by atoms with Gasteiger partial charge in [-0.1, -0.05) is 30.3 Å². The summed E-state index contributed by atoms with van der Waals surface area (Å²) in [6.07, 6.45) is 2.66. The van der Waals surface area contributed by atoms with E-state index in [1.54, 1.807) is 19.1 Å². The van der Waals surface area contributed by atoms with E-state index in [0.29, 0.717) is 37.9 Å². The second-order valence-corrected chi connectivity index (χ2v) is 10.6. The lowest BCUT2D eigenvalue weighted by Gasteiger charge is -2.21. The second-order valence-electron chi connectivity index (χ2n) is 8.61. The van der Waals surface area contributed by atoms with Crippen molar-refractivity contribution in [2.75, 3.05) is 18.8 Å². The SMILES string of the molecule is CCS(=O)(=O)N[C@@H]1CCCN(C(=O)[C@@H]2C[C@H]2c2ccccc2-c2c(F)cccc2F)CC1. The van der Waals surface area contributed by atoms with Gasteiger partial charge in [-0.15, -0.1) is 0 Å². The van der Waals surface area contributed by atoms with Crippen LogP contribution in [0.2, 0.25) is 0 Å². The van der Waals surface area contributed by atoms with Gasteiger partial charge in [-0.25, -0.2) is 21.9 Å². The van der Waals surface area contributed by atoms with Crippen molar-refractivity contribution in [3.05, 3.63) is 59.7 Å². The average molecular weight is 463 g/mol. The van der Waals surface area contributed by atoms with Crippen LogP contribution in [-0.4, -0.2) is 44.1 Å². The van der Waals surface area contributed by atoms with Gasteiger partial charge in [-0.2, -0.15) is 0 Å². The predicted molar refractivity (Wildman–Crippen MR) is 119 cm³/mol. The fraction of sp³-hybridized carbons (Fsp3) is 0.458. The molecule has 8 heteroatoms. The van der Waals surface area contributed by atoms with Gasteiger partial charge in [0.25, 0.3) is 0 Å². The van der Waals surface area contributed by atoms with Crippen LogP contribution in [0.25, 0.3) is 11.1 Å². The first kappa shape index (κ1) is 22.9. The number of carbonyl (C=O) groups excluding carboxylic acids is 1. The van der Waals surface area contributed by atoms with E-state index >= 15 is 0 Å². The number of likely N-dealkylation sites (tertiary alicyclic amines) is 1. The number of rotatable bonds is 6. The molecule has 0 radical (unpaired) electrons. The normalized spacial score (nSPS) is 23.6. The molecule has 0 spiro atoms. The van der Waals surface area contributed by atoms with Crippen molar-refractivity contribution in [3.63, 3.8) is 0 Å². The number of nitrogens with zero attached hydrogens (tertiary/aromatic N) is 1. The summed E-state index contributed by atoms with van der Waals surface area (Å²) in [7, 11) is -3.27. The Hall–Kier alpha value is -2.32. The van der Waals surface area contributed by atoms with Gasteiger partial charge in [0.2, 0.25) is 15.9 Å². The van der Waals surface area contributed by atoms with Gasteiger partial charge < -0.3 is 4.90 Å². The Bertz CT molecular complexity index is 1090. The molecule has 5 nitrogen and oxygen atoms in total. The molecule has 1 saturated carbocycles. The van der Waals surface area contributed by atoms with E-state index in [1.165, 1.54) is 18.2 Å². The third kappa shape index (κ3) is 4.86. The molecule has 1 aliphatic carbocycles. The molecule has 2 fully saturated rings. The Morgan fingerprint density at radius 3 is 2.50 bits per heavy atom. The van der Waals surface area contributed by atoms with Crippen LogP contribution in [0, 0.1) is 17.6 Å². The number of carbonyl (C=O) groups is 1. The second kappa shape index (κ2) is 9.27. The van der Waals surface area contributed by atoms with Gasteiger partial charge in [-0.05, 0) is 61.8 Å². The van der Waals surface area contributed by atoms with Gasteiger partial charge in [0.1, 0.15) is 11.6 Å². The highest BCUT2D eigenvalue weighted by Crippen LogP contribution is 2.51. The van der Waals surface area contributed by atoms with Crippen molar-refractivity contribution in [2.45, 2.75) is 44.6 Å². The standard InChI is InChI=1S/C24H28F2N2O3S/c1-2-32(30,31)27-16-7-6-13-28(14-12-16)24(29)20-15-19(20)17-8-3-4-9-18(17)23-21(25)10-5-11-22(23)26/h3-5,8-11,16,19-20,27H,2,6-7,12-15H2,1H3/t16-,19+,20-/m1/s1. The van der Waals surface area contributed by atoms with Gasteiger partial charge >= 0.3 is 0 Å². The van der Waals surface area contributed by atoms with E-state index in [-0.39, 0.29) is 35.1 Å². The molecule has 1 amide bonds. The number of amides is 1. The lowest BCUT2D eigenvalue weighted by Crippen LogP contribution is -2.37. The molecule has 2 aromatic rings. The molecule has 4 rings (SSSR count). The fourth-order valence-electron chi connectivity index (χ4n) is 4.62. The van der Waals surface area contributed by atoms with Gasteiger partial charge in [0.05, 0.1) is 11.3 Å². The summed E-state index contributed by atoms with van der Waals surface area (Å²) in [6.45, 7) is 2.70. The Morgan fingerprint density at radius 1 is 1.06 bits per heavy atom. The lowest BCUT2D eigenvalue weighted by atomic mass is 9.95. The predicted octanol–water partition coefficient (Wildman–Crippen LogP) is 4.06. The highest BCUT2D eigenvalue weighted by Gasteiger charge is 2.47. The molecule has 0 aromatic heterocycles. The van der Waals surface area contributed by atoms with Crippen molar-refractivity contribution < 1.29 is 22.0 Å². The van der Waals surface area contributed by atoms with E-state index in [2.05, 4.69) is 4.72 Å². The Balaban J connectivity index is 1.46. The van der Waals surface area contributed by atoms with Crippen LogP contribution in [-0.2, 0) is 14.8 Å². The van der Waals surface area contributed by atoms with Crippen LogP contribution in [0.3, 0.4) is 0 Å². The molecule has 0 bridgehead atoms. The minimum Gasteiger partial charge on any atom is -0.342 e. The van der Waals surface area contributed by atoms with Crippen LogP contribution in [0.5, 0.6) is 0 Å². The summed E-state index contributed by atoms with van der Waals surface area (Å²) in [5, 5.41) is 0. The van der Waals surface area contributed by atoms with Crippen LogP contribution in [0.1, 0.15) is 44.1 Å². The zero-order valence-corrected chi connectivity index (χ0v) is 18.9. The molecule has 172 valence electrons. The molecule has 1 N–H and O–H groups in total. The maximum absolute atomic E-state index is 14.4. The number of sulfonamides is 1. The monoisotopic (exact) mass is 462 g/mol. The molecule has 1 aliphatic heterocycles. The van der Waals surface area contributed by atoms with Crippen molar-refractivity contribution in [2.24, 2.45) is 5.92 Å². The maximum atomic E-state index is 14.4. The largest absolute Gasteiger partial charge is 0.342 e. The summed E-state index contributed by atoms with van der Waals surface area (Å²) in [5.41, 5.74) is 1.23. The third-order valence-electron chi connectivity index (χ3n) is 6.47. The molecule has 2 aromatic carbocycles. The van der Waals surface area contributed by atoms with Crippen molar-refractivity contribution in [3.8, 4) is 11.1 Å². The van der Waals surface area contributed by atoms with Crippen LogP contribution < -0.4 is 4.72 Å². The van der Waals surface area contributed by atoms with Crippen molar-refractivity contribution in [1.82, 2.24) is 9.62 Å². The summed E-state index contributed by atoms with van der Waals surface area (Å²) in [4.78, 5) is 15.0. The minimum atomic E-state index is -3.27. The number of halogens is 2. The van der Waals surface area contributed by atoms with Crippen LogP contribution in [0.4, 0.5) is 8.78 Å². The van der Waals surface area contributed by atoms with Crippen molar-refractivity contribution >= 4 is 15.9 Å². The van der Waals surface area contributed by atoms with Gasteiger partial charge in [0.15, 0.2) is 0 Å². The quantitative estimate of drug-likeness (QED) is 0.704. The van der Waals surface area contributed by atoms with Crippen molar-refractivity contribution in [1.29, 1.82) is 0 Å². The first-order valence-electron chi connectivity index (χ1n) is 11.1.